The van der Waals surface area contributed by atoms with Crippen LogP contribution in [-0.2, 0) is 23.1 Å². The summed E-state index contributed by atoms with van der Waals surface area (Å²) in [4.78, 5) is 0. The third kappa shape index (κ3) is 6.01. The molecule has 0 saturated heterocycles. The van der Waals surface area contributed by atoms with Crippen LogP contribution in [0.3, 0.4) is 0 Å². The van der Waals surface area contributed by atoms with Crippen LogP contribution in [0, 0.1) is 0 Å². The van der Waals surface area contributed by atoms with Crippen LogP contribution in [0.25, 0.3) is 0 Å². The minimum Gasteiger partial charge on any atom is -0.418 e. The second kappa shape index (κ2) is 6.33. The van der Waals surface area contributed by atoms with Crippen molar-refractivity contribution in [3.63, 3.8) is 0 Å². The molecule has 1 unspecified atom stereocenters. The molecule has 0 nitrogen and oxygen atoms in total. The number of halogens is 4. The van der Waals surface area contributed by atoms with E-state index in [0.29, 0.717) is 10.9 Å². The van der Waals surface area contributed by atoms with Gasteiger partial charge in [-0.2, -0.15) is 0 Å². The predicted molar refractivity (Wildman–Crippen MR) is 66.8 cm³/mol. The molecule has 17 heavy (non-hydrogen) atoms. The smallest absolute Gasteiger partial charge is 0.418 e. The van der Waals surface area contributed by atoms with Crippen molar-refractivity contribution in [1.29, 1.82) is 0 Å². The summed E-state index contributed by atoms with van der Waals surface area (Å²) in [6, 6.07) is 8.91. The van der Waals surface area contributed by atoms with Gasteiger partial charge in [-0.3, -0.25) is 0 Å². The molecule has 0 bridgehead atoms. The normalized spacial score (nSPS) is 19.0. The van der Waals surface area contributed by atoms with Crippen LogP contribution in [0.4, 0.5) is 17.3 Å². The number of rotatable bonds is 1. The number of hydrogen-bond acceptors (Lipinski definition) is 0. The summed E-state index contributed by atoms with van der Waals surface area (Å²) >= 11 is 0. The van der Waals surface area contributed by atoms with Gasteiger partial charge in [-0.05, 0) is 23.4 Å². The van der Waals surface area contributed by atoms with Crippen molar-refractivity contribution in [2.45, 2.75) is 19.1 Å². The first-order chi connectivity index (χ1) is 7.90. The van der Waals surface area contributed by atoms with E-state index in [1.165, 1.54) is 23.7 Å². The topological polar surface area (TPSA) is 0 Å². The summed E-state index contributed by atoms with van der Waals surface area (Å²) in [5.41, 5.74) is 3.20. The minimum absolute atomic E-state index is 0.687. The van der Waals surface area contributed by atoms with Gasteiger partial charge in [0, 0.05) is 12.0 Å². The quantitative estimate of drug-likeness (QED) is 0.413. The highest BCUT2D eigenvalue weighted by Crippen LogP contribution is 2.21. The zero-order chi connectivity index (χ0) is 12.9. The average molecular weight is 266 g/mol. The molecule has 0 aliphatic carbocycles. The largest absolute Gasteiger partial charge is 0.673 e. The van der Waals surface area contributed by atoms with Crippen molar-refractivity contribution < 1.29 is 17.3 Å². The van der Waals surface area contributed by atoms with Gasteiger partial charge in [0.05, 0.1) is 0 Å². The van der Waals surface area contributed by atoms with E-state index in [1.807, 2.05) is 0 Å². The van der Waals surface area contributed by atoms with E-state index in [4.69, 9.17) is 0 Å². The van der Waals surface area contributed by atoms with Crippen molar-refractivity contribution in [3.05, 3.63) is 35.4 Å². The van der Waals surface area contributed by atoms with E-state index in [9.17, 15) is 17.3 Å². The van der Waals surface area contributed by atoms with Crippen molar-refractivity contribution in [2.24, 2.45) is 0 Å². The Kier molecular flexibility index (Phi) is 5.37. The van der Waals surface area contributed by atoms with Gasteiger partial charge in [-0.15, -0.1) is 0 Å². The Hall–Kier alpha value is -0.645. The van der Waals surface area contributed by atoms with Gasteiger partial charge in [-0.1, -0.05) is 24.3 Å². The van der Waals surface area contributed by atoms with Gasteiger partial charge < -0.3 is 17.3 Å². The van der Waals surface area contributed by atoms with Gasteiger partial charge in [0.1, 0.15) is 17.3 Å². The molecule has 1 aliphatic rings. The molecule has 0 fully saturated rings. The SMILES string of the molecule is CC[S+]1CCc2ccccc2C1.F[B-](F)(F)F. The van der Waals surface area contributed by atoms with Gasteiger partial charge in [-0.25, -0.2) is 0 Å². The molecule has 0 N–H and O–H groups in total. The summed E-state index contributed by atoms with van der Waals surface area (Å²) in [6.07, 6.45) is 1.31. The highest BCUT2D eigenvalue weighted by atomic mass is 32.2. The van der Waals surface area contributed by atoms with Crippen LogP contribution in [-0.4, -0.2) is 18.8 Å². The van der Waals surface area contributed by atoms with E-state index in [0.717, 1.165) is 0 Å². The molecule has 1 atom stereocenters. The van der Waals surface area contributed by atoms with Crippen molar-refractivity contribution in [2.75, 3.05) is 11.5 Å². The Labute approximate surface area is 102 Å². The first kappa shape index (κ1) is 14.4. The van der Waals surface area contributed by atoms with Crippen LogP contribution >= 0.6 is 0 Å². The van der Waals surface area contributed by atoms with Crippen LogP contribution in [0.15, 0.2) is 24.3 Å². The van der Waals surface area contributed by atoms with Crippen LogP contribution in [0.1, 0.15) is 18.1 Å². The van der Waals surface area contributed by atoms with E-state index in [1.54, 1.807) is 11.1 Å². The van der Waals surface area contributed by atoms with Crippen molar-refractivity contribution in [1.82, 2.24) is 0 Å². The summed E-state index contributed by atoms with van der Waals surface area (Å²) in [5.74, 6) is 4.13. The van der Waals surface area contributed by atoms with Gasteiger partial charge >= 0.3 is 7.25 Å². The molecule has 1 aliphatic heterocycles. The van der Waals surface area contributed by atoms with Crippen molar-refractivity contribution >= 4 is 18.1 Å². The maximum absolute atomic E-state index is 9.75. The van der Waals surface area contributed by atoms with E-state index < -0.39 is 7.25 Å². The molecule has 1 heterocycles. The fourth-order valence-electron chi connectivity index (χ4n) is 1.73. The maximum atomic E-state index is 9.75. The summed E-state index contributed by atoms with van der Waals surface area (Å²) < 4.78 is 39.0. The van der Waals surface area contributed by atoms with Crippen LogP contribution in [0.2, 0.25) is 0 Å². The highest BCUT2D eigenvalue weighted by Gasteiger charge is 2.23. The molecule has 1 aromatic rings. The molecule has 0 spiro atoms. The van der Waals surface area contributed by atoms with Gasteiger partial charge in [0.15, 0.2) is 0 Å². The molecule has 0 aromatic heterocycles. The molecule has 6 heteroatoms. The Bertz CT molecular complexity index is 348. The monoisotopic (exact) mass is 266 g/mol. The highest BCUT2D eigenvalue weighted by molar-refractivity contribution is 7.96. The predicted octanol–water partition coefficient (Wildman–Crippen LogP) is 3.68. The minimum atomic E-state index is -6.00. The maximum Gasteiger partial charge on any atom is 0.673 e. The standard InChI is InChI=1S/C11H15S.BF4/c1-2-12-8-7-10-5-3-4-6-11(10)9-12;2-1(3,4)5/h3-6H,2,7-9H2,1H3;/q+1;-1. The fourth-order valence-corrected chi connectivity index (χ4v) is 3.60. The zero-order valence-electron chi connectivity index (χ0n) is 9.64. The van der Waals surface area contributed by atoms with Gasteiger partial charge in [0.2, 0.25) is 0 Å². The Morgan fingerprint density at radius 1 is 1.12 bits per heavy atom. The molecule has 96 valence electrons. The fraction of sp³-hybridized carbons (Fsp3) is 0.455. The molecule has 1 aromatic carbocycles. The van der Waals surface area contributed by atoms with E-state index in [-0.39, 0.29) is 0 Å². The Morgan fingerprint density at radius 2 is 1.65 bits per heavy atom. The van der Waals surface area contributed by atoms with Crippen molar-refractivity contribution in [3.8, 4) is 0 Å². The average Bonchev–Trinajstić information content (AvgIpc) is 2.26. The lowest BCUT2D eigenvalue weighted by molar-refractivity contribution is 0.368. The van der Waals surface area contributed by atoms with Crippen LogP contribution < -0.4 is 0 Å². The Morgan fingerprint density at radius 3 is 2.18 bits per heavy atom. The van der Waals surface area contributed by atoms with Crippen LogP contribution in [0.5, 0.6) is 0 Å². The lowest BCUT2D eigenvalue weighted by Crippen LogP contribution is -2.20. The number of benzene rings is 1. The van der Waals surface area contributed by atoms with Gasteiger partial charge in [0.25, 0.3) is 0 Å². The number of aryl methyl sites for hydroxylation is 1. The lowest BCUT2D eigenvalue weighted by Gasteiger charge is -2.16. The molecular weight excluding hydrogens is 251 g/mol. The summed E-state index contributed by atoms with van der Waals surface area (Å²) in [7, 11) is -5.31. The Balaban J connectivity index is 0.000000249. The first-order valence-electron chi connectivity index (χ1n) is 5.48. The molecule has 0 saturated carbocycles. The number of hydrogen-bond donors (Lipinski definition) is 0. The molecule has 0 amide bonds. The molecule has 2 rings (SSSR count). The third-order valence-corrected chi connectivity index (χ3v) is 4.86. The number of fused-ring (bicyclic) bond motifs is 1. The molecule has 0 radical (unpaired) electrons. The van der Waals surface area contributed by atoms with E-state index in [2.05, 4.69) is 31.2 Å². The third-order valence-electron chi connectivity index (χ3n) is 2.55. The summed E-state index contributed by atoms with van der Waals surface area (Å²) in [5, 5.41) is 0. The first-order valence-corrected chi connectivity index (χ1v) is 7.21. The molecular formula is C11H15BF4S. The second-order valence-electron chi connectivity index (χ2n) is 3.76. The van der Waals surface area contributed by atoms with E-state index >= 15 is 0 Å². The lowest BCUT2D eigenvalue weighted by atomic mass is 10.1. The second-order valence-corrected chi connectivity index (χ2v) is 6.26. The summed E-state index contributed by atoms with van der Waals surface area (Å²) in [6.45, 7) is 2.32. The zero-order valence-corrected chi connectivity index (χ0v) is 10.5.